The molecule has 2 rings (SSSR count). The number of ketones is 1. The van der Waals surface area contributed by atoms with Gasteiger partial charge in [0, 0.05) is 11.1 Å². The molecule has 0 N–H and O–H groups in total. The molecule has 1 aromatic rings. The van der Waals surface area contributed by atoms with Crippen LogP contribution in [0.5, 0.6) is 0 Å². The van der Waals surface area contributed by atoms with Crippen LogP contribution >= 0.6 is 0 Å². The van der Waals surface area contributed by atoms with E-state index in [0.29, 0.717) is 5.57 Å². The summed E-state index contributed by atoms with van der Waals surface area (Å²) in [6.07, 6.45) is 2.05. The number of rotatable bonds is 0. The smallest absolute Gasteiger partial charge is 0.198 e. The van der Waals surface area contributed by atoms with Gasteiger partial charge in [0.25, 0.3) is 0 Å². The highest BCUT2D eigenvalue weighted by atomic mass is 16.1. The summed E-state index contributed by atoms with van der Waals surface area (Å²) in [5.41, 5.74) is 3.23. The first-order valence-electron chi connectivity index (χ1n) is 7.69. The van der Waals surface area contributed by atoms with Gasteiger partial charge in [0.1, 0.15) is 0 Å². The van der Waals surface area contributed by atoms with Crippen LogP contribution in [-0.2, 0) is 4.79 Å². The maximum Gasteiger partial charge on any atom is 0.198 e. The second kappa shape index (κ2) is 5.61. The molecule has 1 nitrogen and oxygen atoms in total. The van der Waals surface area contributed by atoms with Gasteiger partial charge in [-0.1, -0.05) is 71.6 Å². The van der Waals surface area contributed by atoms with Gasteiger partial charge in [0.15, 0.2) is 5.78 Å². The molecule has 0 radical (unpaired) electrons. The first kappa shape index (κ1) is 16.3. The van der Waals surface area contributed by atoms with E-state index in [1.54, 1.807) is 0 Å². The number of carbonyl (C=O) groups excluding carboxylic acids is 1. The topological polar surface area (TPSA) is 17.1 Å². The standard InChI is InChI=1S/C21H24O/c1-20(2,3)17-14-18(21(4,5)6)19(22)16(17)13-12-15-10-8-7-9-11-15/h7-11,14H,1-6H3. The molecule has 0 fully saturated rings. The van der Waals surface area contributed by atoms with Gasteiger partial charge in [-0.15, -0.1) is 0 Å². The number of benzene rings is 1. The normalized spacial score (nSPS) is 15.5. The van der Waals surface area contributed by atoms with Crippen LogP contribution in [-0.4, -0.2) is 5.78 Å². The molecule has 114 valence electrons. The highest BCUT2D eigenvalue weighted by Gasteiger charge is 2.35. The molecule has 0 heterocycles. The van der Waals surface area contributed by atoms with E-state index in [-0.39, 0.29) is 16.6 Å². The maximum atomic E-state index is 12.8. The van der Waals surface area contributed by atoms with Crippen LogP contribution in [0.3, 0.4) is 0 Å². The van der Waals surface area contributed by atoms with Crippen molar-refractivity contribution in [3.63, 3.8) is 0 Å². The lowest BCUT2D eigenvalue weighted by molar-refractivity contribution is -0.112. The van der Waals surface area contributed by atoms with E-state index in [9.17, 15) is 4.79 Å². The first-order chi connectivity index (χ1) is 10.1. The Hall–Kier alpha value is -2.07. The van der Waals surface area contributed by atoms with E-state index in [4.69, 9.17) is 0 Å². The van der Waals surface area contributed by atoms with Gasteiger partial charge in [-0.3, -0.25) is 4.79 Å². The van der Waals surface area contributed by atoms with Crippen molar-refractivity contribution in [2.75, 3.05) is 0 Å². The largest absolute Gasteiger partial charge is 0.288 e. The van der Waals surface area contributed by atoms with Crippen molar-refractivity contribution in [3.05, 3.63) is 58.7 Å². The average Bonchev–Trinajstić information content (AvgIpc) is 2.74. The molecule has 1 aliphatic rings. The Morgan fingerprint density at radius 2 is 1.41 bits per heavy atom. The van der Waals surface area contributed by atoms with E-state index in [0.717, 1.165) is 16.7 Å². The molecule has 22 heavy (non-hydrogen) atoms. The Kier molecular flexibility index (Phi) is 4.16. The molecule has 0 spiro atoms. The zero-order chi connectivity index (χ0) is 16.5. The highest BCUT2D eigenvalue weighted by molar-refractivity contribution is 6.16. The van der Waals surface area contributed by atoms with Gasteiger partial charge in [0.2, 0.25) is 0 Å². The van der Waals surface area contributed by atoms with Gasteiger partial charge >= 0.3 is 0 Å². The molecule has 1 aliphatic carbocycles. The van der Waals surface area contributed by atoms with E-state index in [1.807, 2.05) is 30.3 Å². The second-order valence-corrected chi connectivity index (χ2v) is 7.79. The molecule has 0 amide bonds. The van der Waals surface area contributed by atoms with Crippen molar-refractivity contribution in [1.82, 2.24) is 0 Å². The molecule has 0 bridgehead atoms. The minimum atomic E-state index is -0.163. The second-order valence-electron chi connectivity index (χ2n) is 7.79. The van der Waals surface area contributed by atoms with Gasteiger partial charge < -0.3 is 0 Å². The summed E-state index contributed by atoms with van der Waals surface area (Å²) in [6, 6.07) is 9.80. The van der Waals surface area contributed by atoms with E-state index >= 15 is 0 Å². The minimum absolute atomic E-state index is 0.0841. The number of carbonyl (C=O) groups is 1. The fraction of sp³-hybridized carbons (Fsp3) is 0.381. The summed E-state index contributed by atoms with van der Waals surface area (Å²) in [5, 5.41) is 0. The van der Waals surface area contributed by atoms with Crippen LogP contribution in [0.1, 0.15) is 47.1 Å². The van der Waals surface area contributed by atoms with Crippen molar-refractivity contribution >= 4 is 5.78 Å². The fourth-order valence-corrected chi connectivity index (χ4v) is 2.47. The molecule has 0 aliphatic heterocycles. The molecule has 1 aromatic carbocycles. The third kappa shape index (κ3) is 3.39. The molecule has 0 saturated carbocycles. The molecular weight excluding hydrogens is 268 g/mol. The van der Waals surface area contributed by atoms with Crippen molar-refractivity contribution in [2.45, 2.75) is 41.5 Å². The lowest BCUT2D eigenvalue weighted by Crippen LogP contribution is -2.16. The molecule has 0 atom stereocenters. The third-order valence-corrected chi connectivity index (χ3v) is 3.75. The summed E-state index contributed by atoms with van der Waals surface area (Å²) in [7, 11) is 0. The minimum Gasteiger partial charge on any atom is -0.288 e. The third-order valence-electron chi connectivity index (χ3n) is 3.75. The Morgan fingerprint density at radius 3 is 1.91 bits per heavy atom. The Bertz CT molecular complexity index is 705. The predicted octanol–water partition coefficient (Wildman–Crippen LogP) is 4.94. The fourth-order valence-electron chi connectivity index (χ4n) is 2.47. The Labute approximate surface area is 134 Å². The lowest BCUT2D eigenvalue weighted by atomic mass is 9.83. The summed E-state index contributed by atoms with van der Waals surface area (Å²) >= 11 is 0. The maximum absolute atomic E-state index is 12.8. The molecule has 0 saturated heterocycles. The highest BCUT2D eigenvalue weighted by Crippen LogP contribution is 2.41. The van der Waals surface area contributed by atoms with Crippen LogP contribution in [0.15, 0.2) is 53.1 Å². The molecule has 0 aromatic heterocycles. The lowest BCUT2D eigenvalue weighted by Gasteiger charge is -2.20. The number of hydrogen-bond acceptors (Lipinski definition) is 1. The number of allylic oxidation sites excluding steroid dienone is 4. The van der Waals surface area contributed by atoms with E-state index in [2.05, 4.69) is 59.5 Å². The van der Waals surface area contributed by atoms with Crippen LogP contribution < -0.4 is 0 Å². The number of hydrogen-bond donors (Lipinski definition) is 0. The van der Waals surface area contributed by atoms with Crippen LogP contribution in [0.2, 0.25) is 0 Å². The SMILES string of the molecule is CC(C)(C)C1=CC(C(C)(C)C)=C(C#Cc2ccccc2)C1=O. The predicted molar refractivity (Wildman–Crippen MR) is 92.3 cm³/mol. The Balaban J connectivity index is 2.49. The molecular formula is C21H24O. The zero-order valence-electron chi connectivity index (χ0n) is 14.4. The van der Waals surface area contributed by atoms with Crippen molar-refractivity contribution in [1.29, 1.82) is 0 Å². The Morgan fingerprint density at radius 1 is 0.818 bits per heavy atom. The summed E-state index contributed by atoms with van der Waals surface area (Å²) in [5.74, 6) is 6.35. The van der Waals surface area contributed by atoms with Gasteiger partial charge in [-0.25, -0.2) is 0 Å². The van der Waals surface area contributed by atoms with Gasteiger partial charge in [0.05, 0.1) is 5.57 Å². The average molecular weight is 292 g/mol. The quantitative estimate of drug-likeness (QED) is 0.619. The first-order valence-corrected chi connectivity index (χ1v) is 7.69. The summed E-state index contributed by atoms with van der Waals surface area (Å²) < 4.78 is 0. The molecule has 0 unspecified atom stereocenters. The summed E-state index contributed by atoms with van der Waals surface area (Å²) in [6.45, 7) is 12.6. The zero-order valence-corrected chi connectivity index (χ0v) is 14.4. The van der Waals surface area contributed by atoms with E-state index < -0.39 is 0 Å². The molecule has 1 heteroatoms. The van der Waals surface area contributed by atoms with Crippen LogP contribution in [0.25, 0.3) is 0 Å². The number of Topliss-reactive ketones (excluding diaryl/α,β-unsaturated/α-hetero) is 1. The monoisotopic (exact) mass is 292 g/mol. The van der Waals surface area contributed by atoms with Gasteiger partial charge in [-0.2, -0.15) is 0 Å². The van der Waals surface area contributed by atoms with E-state index in [1.165, 1.54) is 0 Å². The van der Waals surface area contributed by atoms with Crippen LogP contribution in [0, 0.1) is 22.7 Å². The summed E-state index contributed by atoms with van der Waals surface area (Å²) in [4.78, 5) is 12.8. The van der Waals surface area contributed by atoms with Gasteiger partial charge in [-0.05, 0) is 34.6 Å². The van der Waals surface area contributed by atoms with Crippen molar-refractivity contribution in [2.24, 2.45) is 10.8 Å². The van der Waals surface area contributed by atoms with Crippen molar-refractivity contribution < 1.29 is 4.79 Å². The van der Waals surface area contributed by atoms with Crippen molar-refractivity contribution in [3.8, 4) is 11.8 Å². The van der Waals surface area contributed by atoms with Crippen LogP contribution in [0.4, 0.5) is 0 Å².